The van der Waals surface area contributed by atoms with Crippen LogP contribution in [-0.4, -0.2) is 0 Å². The van der Waals surface area contributed by atoms with E-state index in [1.807, 2.05) is 0 Å². The zero-order valence-electron chi connectivity index (χ0n) is 11.6. The third-order valence-corrected chi connectivity index (χ3v) is 3.48. The molecule has 18 heavy (non-hydrogen) atoms. The summed E-state index contributed by atoms with van der Waals surface area (Å²) in [6.45, 7) is 8.64. The Kier molecular flexibility index (Phi) is 3.66. The maximum atomic E-state index is 2.21. The molecule has 0 amide bonds. The molecule has 92 valence electrons. The van der Waals surface area contributed by atoms with E-state index in [-0.39, 0.29) is 0 Å². The monoisotopic (exact) mass is 236 g/mol. The fraction of sp³-hybridized carbons (Fsp3) is 0.222. The summed E-state index contributed by atoms with van der Waals surface area (Å²) in [5.74, 6) is 0. The fourth-order valence-electron chi connectivity index (χ4n) is 2.49. The van der Waals surface area contributed by atoms with Gasteiger partial charge in [-0.3, -0.25) is 0 Å². The van der Waals surface area contributed by atoms with Crippen molar-refractivity contribution in [2.24, 2.45) is 0 Å². The Bertz CT molecular complexity index is 589. The average molecular weight is 236 g/mol. The molecule has 0 heteroatoms. The van der Waals surface area contributed by atoms with Crippen LogP contribution in [0.3, 0.4) is 0 Å². The molecule has 0 nitrogen and oxygen atoms in total. The van der Waals surface area contributed by atoms with Gasteiger partial charge in [-0.15, -0.1) is 0 Å². The standard InChI is InChI=1S/C18H20/c1-5-8-16-12-11-14(3)18(15(16)4)17-10-7-6-9-13(17)2/h5-12H,1-4H3/b8-5-. The highest BCUT2D eigenvalue weighted by atomic mass is 14.1. The topological polar surface area (TPSA) is 0 Å². The minimum Gasteiger partial charge on any atom is -0.0871 e. The van der Waals surface area contributed by atoms with Crippen molar-refractivity contribution in [1.82, 2.24) is 0 Å². The first-order chi connectivity index (χ1) is 8.65. The second kappa shape index (κ2) is 5.22. The van der Waals surface area contributed by atoms with Gasteiger partial charge in [0, 0.05) is 0 Å². The van der Waals surface area contributed by atoms with Crippen molar-refractivity contribution in [3.05, 3.63) is 64.7 Å². The summed E-state index contributed by atoms with van der Waals surface area (Å²) in [4.78, 5) is 0. The Labute approximate surface area is 110 Å². The van der Waals surface area contributed by atoms with E-state index in [1.165, 1.54) is 33.4 Å². The Balaban J connectivity index is 2.71. The maximum absolute atomic E-state index is 2.21. The minimum atomic E-state index is 1.31. The number of rotatable bonds is 2. The third kappa shape index (κ3) is 2.24. The van der Waals surface area contributed by atoms with E-state index in [1.54, 1.807) is 0 Å². The highest BCUT2D eigenvalue weighted by Gasteiger charge is 2.09. The molecule has 0 spiro atoms. The summed E-state index contributed by atoms with van der Waals surface area (Å²) in [6, 6.07) is 13.0. The lowest BCUT2D eigenvalue weighted by Crippen LogP contribution is -1.93. The van der Waals surface area contributed by atoms with Gasteiger partial charge in [0.05, 0.1) is 0 Å². The van der Waals surface area contributed by atoms with Crippen molar-refractivity contribution in [2.45, 2.75) is 27.7 Å². The second-order valence-corrected chi connectivity index (χ2v) is 4.79. The van der Waals surface area contributed by atoms with Crippen molar-refractivity contribution in [3.63, 3.8) is 0 Å². The molecule has 0 unspecified atom stereocenters. The van der Waals surface area contributed by atoms with Gasteiger partial charge < -0.3 is 0 Å². The summed E-state index contributed by atoms with van der Waals surface area (Å²) < 4.78 is 0. The first kappa shape index (κ1) is 12.6. The van der Waals surface area contributed by atoms with Gasteiger partial charge >= 0.3 is 0 Å². The Hall–Kier alpha value is -1.82. The summed E-state index contributed by atoms with van der Waals surface area (Å²) >= 11 is 0. The van der Waals surface area contributed by atoms with Crippen molar-refractivity contribution >= 4 is 6.08 Å². The molecule has 0 aromatic heterocycles. The molecule has 0 saturated carbocycles. The predicted octanol–water partition coefficient (Wildman–Crippen LogP) is 5.31. The number of hydrogen-bond acceptors (Lipinski definition) is 0. The molecule has 2 rings (SSSR count). The molecule has 0 aliphatic carbocycles. The van der Waals surface area contributed by atoms with Crippen molar-refractivity contribution in [3.8, 4) is 11.1 Å². The number of hydrogen-bond donors (Lipinski definition) is 0. The fourth-order valence-corrected chi connectivity index (χ4v) is 2.49. The Morgan fingerprint density at radius 2 is 1.56 bits per heavy atom. The average Bonchev–Trinajstić information content (AvgIpc) is 2.35. The lowest BCUT2D eigenvalue weighted by molar-refractivity contribution is 1.34. The highest BCUT2D eigenvalue weighted by molar-refractivity contribution is 5.77. The van der Waals surface area contributed by atoms with Gasteiger partial charge in [-0.05, 0) is 61.1 Å². The summed E-state index contributed by atoms with van der Waals surface area (Å²) in [6.07, 6.45) is 4.27. The van der Waals surface area contributed by atoms with Gasteiger partial charge in [0.2, 0.25) is 0 Å². The van der Waals surface area contributed by atoms with Crippen LogP contribution >= 0.6 is 0 Å². The molecule has 2 aromatic carbocycles. The zero-order valence-corrected chi connectivity index (χ0v) is 11.6. The minimum absolute atomic E-state index is 1.31. The quantitative estimate of drug-likeness (QED) is 0.662. The lowest BCUT2D eigenvalue weighted by Gasteiger charge is -2.15. The van der Waals surface area contributed by atoms with Crippen LogP contribution in [0.1, 0.15) is 29.2 Å². The second-order valence-electron chi connectivity index (χ2n) is 4.79. The van der Waals surface area contributed by atoms with Gasteiger partial charge in [-0.2, -0.15) is 0 Å². The first-order valence-corrected chi connectivity index (χ1v) is 6.44. The van der Waals surface area contributed by atoms with Crippen LogP contribution in [0.5, 0.6) is 0 Å². The molecule has 0 fully saturated rings. The first-order valence-electron chi connectivity index (χ1n) is 6.44. The SMILES string of the molecule is C/C=C\c1ccc(C)c(-c2ccccc2C)c1C. The van der Waals surface area contributed by atoms with E-state index < -0.39 is 0 Å². The van der Waals surface area contributed by atoms with E-state index >= 15 is 0 Å². The third-order valence-electron chi connectivity index (χ3n) is 3.48. The van der Waals surface area contributed by atoms with Gasteiger partial charge in [-0.1, -0.05) is 48.6 Å². The van der Waals surface area contributed by atoms with E-state index in [9.17, 15) is 0 Å². The number of benzene rings is 2. The molecule has 0 N–H and O–H groups in total. The van der Waals surface area contributed by atoms with Crippen LogP contribution in [0.25, 0.3) is 17.2 Å². The van der Waals surface area contributed by atoms with Crippen molar-refractivity contribution < 1.29 is 0 Å². The highest BCUT2D eigenvalue weighted by Crippen LogP contribution is 2.32. The molecule has 0 heterocycles. The van der Waals surface area contributed by atoms with Gasteiger partial charge in [0.15, 0.2) is 0 Å². The zero-order chi connectivity index (χ0) is 13.1. The number of allylic oxidation sites excluding steroid dienone is 1. The Morgan fingerprint density at radius 3 is 2.22 bits per heavy atom. The molecule has 0 atom stereocenters. The van der Waals surface area contributed by atoms with Gasteiger partial charge in [-0.25, -0.2) is 0 Å². The van der Waals surface area contributed by atoms with Crippen LogP contribution < -0.4 is 0 Å². The molecule has 0 radical (unpaired) electrons. The normalized spacial score (nSPS) is 11.1. The van der Waals surface area contributed by atoms with Gasteiger partial charge in [0.1, 0.15) is 0 Å². The molecule has 0 aliphatic rings. The maximum Gasteiger partial charge on any atom is -0.0117 e. The Morgan fingerprint density at radius 1 is 0.833 bits per heavy atom. The molecule has 0 saturated heterocycles. The van der Waals surface area contributed by atoms with E-state index in [0.29, 0.717) is 0 Å². The lowest BCUT2D eigenvalue weighted by atomic mass is 9.90. The van der Waals surface area contributed by atoms with E-state index in [4.69, 9.17) is 0 Å². The molecular weight excluding hydrogens is 216 g/mol. The summed E-state index contributed by atoms with van der Waals surface area (Å²) in [5, 5.41) is 0. The molecular formula is C18H20. The molecule has 2 aromatic rings. The van der Waals surface area contributed by atoms with Gasteiger partial charge in [0.25, 0.3) is 0 Å². The van der Waals surface area contributed by atoms with Crippen LogP contribution in [0.4, 0.5) is 0 Å². The molecule has 0 aliphatic heterocycles. The van der Waals surface area contributed by atoms with E-state index in [0.717, 1.165) is 0 Å². The van der Waals surface area contributed by atoms with Crippen LogP contribution in [0, 0.1) is 20.8 Å². The summed E-state index contributed by atoms with van der Waals surface area (Å²) in [7, 11) is 0. The van der Waals surface area contributed by atoms with E-state index in [2.05, 4.69) is 76.2 Å². The predicted molar refractivity (Wildman–Crippen MR) is 80.8 cm³/mol. The smallest absolute Gasteiger partial charge is 0.0117 e. The molecule has 0 bridgehead atoms. The largest absolute Gasteiger partial charge is 0.0871 e. The number of aryl methyl sites for hydroxylation is 2. The van der Waals surface area contributed by atoms with Crippen LogP contribution in [0.15, 0.2) is 42.5 Å². The van der Waals surface area contributed by atoms with Crippen LogP contribution in [0.2, 0.25) is 0 Å². The van der Waals surface area contributed by atoms with Crippen LogP contribution in [-0.2, 0) is 0 Å². The summed E-state index contributed by atoms with van der Waals surface area (Å²) in [5.41, 5.74) is 8.07. The van der Waals surface area contributed by atoms with Crippen molar-refractivity contribution in [1.29, 1.82) is 0 Å². The van der Waals surface area contributed by atoms with Crippen molar-refractivity contribution in [2.75, 3.05) is 0 Å².